The van der Waals surface area contributed by atoms with E-state index in [9.17, 15) is 4.79 Å². The summed E-state index contributed by atoms with van der Waals surface area (Å²) in [6.07, 6.45) is 0. The van der Waals surface area contributed by atoms with Crippen LogP contribution in [0.2, 0.25) is 10.2 Å². The van der Waals surface area contributed by atoms with Crippen LogP contribution in [0.25, 0.3) is 0 Å². The summed E-state index contributed by atoms with van der Waals surface area (Å²) in [5.41, 5.74) is 2.14. The lowest BCUT2D eigenvalue weighted by atomic mass is 10.1. The first-order chi connectivity index (χ1) is 9.47. The van der Waals surface area contributed by atoms with Crippen molar-refractivity contribution in [2.24, 2.45) is 0 Å². The Bertz CT molecular complexity index is 623. The molecule has 2 aromatic rings. The van der Waals surface area contributed by atoms with Crippen LogP contribution in [-0.4, -0.2) is 22.8 Å². The van der Waals surface area contributed by atoms with Crippen molar-refractivity contribution in [3.63, 3.8) is 0 Å². The van der Waals surface area contributed by atoms with Crippen molar-refractivity contribution in [2.75, 3.05) is 7.05 Å². The van der Waals surface area contributed by atoms with E-state index in [-0.39, 0.29) is 5.91 Å². The molecule has 0 fully saturated rings. The monoisotopic (exact) mass is 308 g/mol. The molecule has 0 spiro atoms. The van der Waals surface area contributed by atoms with Gasteiger partial charge in [-0.2, -0.15) is 0 Å². The molecule has 0 aliphatic carbocycles. The highest BCUT2D eigenvalue weighted by Gasteiger charge is 2.14. The van der Waals surface area contributed by atoms with Gasteiger partial charge in [0.25, 0.3) is 5.91 Å². The van der Waals surface area contributed by atoms with E-state index in [0.717, 1.165) is 5.56 Å². The lowest BCUT2D eigenvalue weighted by Crippen LogP contribution is -2.26. The van der Waals surface area contributed by atoms with Crippen LogP contribution in [0, 0.1) is 6.92 Å². The van der Waals surface area contributed by atoms with Crippen molar-refractivity contribution in [1.82, 2.24) is 9.88 Å². The quantitative estimate of drug-likeness (QED) is 0.804. The molecule has 1 aromatic heterocycles. The Labute approximate surface area is 128 Å². The molecule has 0 atom stereocenters. The van der Waals surface area contributed by atoms with Crippen LogP contribution in [0.15, 0.2) is 36.4 Å². The topological polar surface area (TPSA) is 33.2 Å². The molecule has 0 saturated heterocycles. The number of amides is 1. The van der Waals surface area contributed by atoms with Crippen LogP contribution in [0.3, 0.4) is 0 Å². The summed E-state index contributed by atoms with van der Waals surface area (Å²) in [5.74, 6) is -0.114. The molecule has 1 amide bonds. The van der Waals surface area contributed by atoms with E-state index in [1.165, 1.54) is 0 Å². The Morgan fingerprint density at radius 3 is 2.60 bits per heavy atom. The minimum atomic E-state index is -0.114. The molecule has 0 saturated carbocycles. The summed E-state index contributed by atoms with van der Waals surface area (Å²) in [7, 11) is 1.73. The average molecular weight is 309 g/mol. The number of pyridine rings is 1. The zero-order valence-corrected chi connectivity index (χ0v) is 12.7. The molecule has 20 heavy (non-hydrogen) atoms. The molecular formula is C15H14Cl2N2O. The number of aryl methyl sites for hydroxylation is 1. The standard InChI is InChI=1S/C15H14Cl2N2O/c1-10-7-12(8-14(17)18-10)15(20)19(2)9-11-5-3-4-6-13(11)16/h3-8H,9H2,1-2H3. The van der Waals surface area contributed by atoms with Crippen LogP contribution in [0.1, 0.15) is 21.6 Å². The van der Waals surface area contributed by atoms with Gasteiger partial charge in [-0.05, 0) is 30.7 Å². The van der Waals surface area contributed by atoms with Crippen molar-refractivity contribution in [3.8, 4) is 0 Å². The molecule has 0 N–H and O–H groups in total. The van der Waals surface area contributed by atoms with E-state index >= 15 is 0 Å². The van der Waals surface area contributed by atoms with E-state index in [1.54, 1.807) is 31.0 Å². The summed E-state index contributed by atoms with van der Waals surface area (Å²) >= 11 is 12.0. The smallest absolute Gasteiger partial charge is 0.254 e. The highest BCUT2D eigenvalue weighted by Crippen LogP contribution is 2.18. The third-order valence-corrected chi connectivity index (χ3v) is 3.44. The van der Waals surface area contributed by atoms with Gasteiger partial charge in [-0.15, -0.1) is 0 Å². The number of carbonyl (C=O) groups excluding carboxylic acids is 1. The predicted molar refractivity (Wildman–Crippen MR) is 81.2 cm³/mol. The third kappa shape index (κ3) is 3.50. The number of aromatic nitrogens is 1. The van der Waals surface area contributed by atoms with Crippen molar-refractivity contribution in [2.45, 2.75) is 13.5 Å². The average Bonchev–Trinajstić information content (AvgIpc) is 2.39. The number of nitrogens with zero attached hydrogens (tertiary/aromatic N) is 2. The normalized spacial score (nSPS) is 10.4. The fourth-order valence-corrected chi connectivity index (χ4v) is 2.37. The number of benzene rings is 1. The Kier molecular flexibility index (Phi) is 4.63. The summed E-state index contributed by atoms with van der Waals surface area (Å²) in [6, 6.07) is 10.8. The lowest BCUT2D eigenvalue weighted by Gasteiger charge is -2.18. The maximum absolute atomic E-state index is 12.4. The van der Waals surface area contributed by atoms with E-state index < -0.39 is 0 Å². The molecular weight excluding hydrogens is 295 g/mol. The van der Waals surface area contributed by atoms with Crippen LogP contribution >= 0.6 is 23.2 Å². The third-order valence-electron chi connectivity index (χ3n) is 2.88. The molecule has 0 radical (unpaired) electrons. The molecule has 0 bridgehead atoms. The van der Waals surface area contributed by atoms with E-state index in [4.69, 9.17) is 23.2 Å². The second-order valence-electron chi connectivity index (χ2n) is 4.57. The second-order valence-corrected chi connectivity index (χ2v) is 5.37. The second kappa shape index (κ2) is 6.25. The maximum Gasteiger partial charge on any atom is 0.254 e. The van der Waals surface area contributed by atoms with Crippen LogP contribution in [-0.2, 0) is 6.54 Å². The summed E-state index contributed by atoms with van der Waals surface area (Å²) in [4.78, 5) is 18.0. The number of halogens is 2. The fourth-order valence-electron chi connectivity index (χ4n) is 1.93. The van der Waals surface area contributed by atoms with E-state index in [2.05, 4.69) is 4.98 Å². The van der Waals surface area contributed by atoms with Gasteiger partial charge in [-0.25, -0.2) is 4.98 Å². The molecule has 1 heterocycles. The largest absolute Gasteiger partial charge is 0.337 e. The van der Waals surface area contributed by atoms with E-state index in [0.29, 0.717) is 28.0 Å². The van der Waals surface area contributed by atoms with Gasteiger partial charge >= 0.3 is 0 Å². The molecule has 0 aliphatic rings. The molecule has 1 aromatic carbocycles. The Morgan fingerprint density at radius 1 is 1.25 bits per heavy atom. The number of hydrogen-bond donors (Lipinski definition) is 0. The summed E-state index contributed by atoms with van der Waals surface area (Å²) < 4.78 is 0. The van der Waals surface area contributed by atoms with Crippen LogP contribution < -0.4 is 0 Å². The van der Waals surface area contributed by atoms with Gasteiger partial charge < -0.3 is 4.90 Å². The van der Waals surface area contributed by atoms with Gasteiger partial charge in [0.1, 0.15) is 5.15 Å². The van der Waals surface area contributed by atoms with E-state index in [1.807, 2.05) is 24.3 Å². The van der Waals surface area contributed by atoms with Crippen molar-refractivity contribution in [3.05, 3.63) is 63.4 Å². The molecule has 0 unspecified atom stereocenters. The molecule has 0 aliphatic heterocycles. The predicted octanol–water partition coefficient (Wildman–Crippen LogP) is 3.97. The number of hydrogen-bond acceptors (Lipinski definition) is 2. The minimum Gasteiger partial charge on any atom is -0.337 e. The molecule has 2 rings (SSSR count). The van der Waals surface area contributed by atoms with Crippen LogP contribution in [0.5, 0.6) is 0 Å². The SMILES string of the molecule is Cc1cc(C(=O)N(C)Cc2ccccc2Cl)cc(Cl)n1. The molecule has 104 valence electrons. The van der Waals surface area contributed by atoms with Gasteiger partial charge in [0.15, 0.2) is 0 Å². The number of carbonyl (C=O) groups is 1. The van der Waals surface area contributed by atoms with Crippen LogP contribution in [0.4, 0.5) is 0 Å². The minimum absolute atomic E-state index is 0.114. The fraction of sp³-hybridized carbons (Fsp3) is 0.200. The van der Waals surface area contributed by atoms with Gasteiger partial charge in [0.05, 0.1) is 0 Å². The summed E-state index contributed by atoms with van der Waals surface area (Å²) in [5, 5.41) is 0.968. The highest BCUT2D eigenvalue weighted by molar-refractivity contribution is 6.31. The zero-order valence-electron chi connectivity index (χ0n) is 11.2. The number of rotatable bonds is 3. The van der Waals surface area contributed by atoms with Gasteiger partial charge in [0.2, 0.25) is 0 Å². The first-order valence-corrected chi connectivity index (χ1v) is 6.86. The van der Waals surface area contributed by atoms with Crippen molar-refractivity contribution in [1.29, 1.82) is 0 Å². The Morgan fingerprint density at radius 2 is 1.95 bits per heavy atom. The maximum atomic E-state index is 12.4. The van der Waals surface area contributed by atoms with Crippen molar-refractivity contribution >= 4 is 29.1 Å². The van der Waals surface area contributed by atoms with Gasteiger partial charge in [0, 0.05) is 29.9 Å². The molecule has 5 heteroatoms. The first-order valence-electron chi connectivity index (χ1n) is 6.10. The Hall–Kier alpha value is -1.58. The van der Waals surface area contributed by atoms with Crippen molar-refractivity contribution < 1.29 is 4.79 Å². The molecule has 3 nitrogen and oxygen atoms in total. The lowest BCUT2D eigenvalue weighted by molar-refractivity contribution is 0.0785. The zero-order chi connectivity index (χ0) is 14.7. The summed E-state index contributed by atoms with van der Waals surface area (Å²) in [6.45, 7) is 2.24. The van der Waals surface area contributed by atoms with Gasteiger partial charge in [-0.1, -0.05) is 41.4 Å². The first kappa shape index (κ1) is 14.8. The Balaban J connectivity index is 2.18. The van der Waals surface area contributed by atoms with Gasteiger partial charge in [-0.3, -0.25) is 4.79 Å². The highest BCUT2D eigenvalue weighted by atomic mass is 35.5.